The molecule has 0 unspecified atom stereocenters. The third-order valence-corrected chi connectivity index (χ3v) is 3.19. The largest absolute Gasteiger partial charge is 0.487 e. The van der Waals surface area contributed by atoms with Crippen molar-refractivity contribution in [3.05, 3.63) is 23.8 Å². The SMILES string of the molecule is Cc1ccc(NC(=O)CCCCCCN)cc1OCC(F)F. The number of nitrogens with two attached hydrogens (primary N) is 1. The van der Waals surface area contributed by atoms with Gasteiger partial charge in [-0.1, -0.05) is 18.9 Å². The van der Waals surface area contributed by atoms with E-state index in [2.05, 4.69) is 5.32 Å². The van der Waals surface area contributed by atoms with Crippen LogP contribution in [0, 0.1) is 6.92 Å². The number of alkyl halides is 2. The molecule has 1 rings (SSSR count). The molecule has 0 heterocycles. The predicted octanol–water partition coefficient (Wildman–Crippen LogP) is 3.49. The molecule has 0 saturated carbocycles. The van der Waals surface area contributed by atoms with Gasteiger partial charge in [0.1, 0.15) is 12.4 Å². The topological polar surface area (TPSA) is 64.4 Å². The van der Waals surface area contributed by atoms with Gasteiger partial charge in [-0.3, -0.25) is 4.79 Å². The van der Waals surface area contributed by atoms with Crippen LogP contribution in [0.15, 0.2) is 18.2 Å². The highest BCUT2D eigenvalue weighted by atomic mass is 19.3. The maximum absolute atomic E-state index is 12.2. The maximum Gasteiger partial charge on any atom is 0.272 e. The second-order valence-corrected chi connectivity index (χ2v) is 5.18. The Labute approximate surface area is 130 Å². The van der Waals surface area contributed by atoms with E-state index >= 15 is 0 Å². The van der Waals surface area contributed by atoms with E-state index in [-0.39, 0.29) is 5.91 Å². The number of carbonyl (C=O) groups is 1. The minimum Gasteiger partial charge on any atom is -0.487 e. The Morgan fingerprint density at radius 1 is 1.27 bits per heavy atom. The van der Waals surface area contributed by atoms with E-state index in [1.807, 2.05) is 0 Å². The van der Waals surface area contributed by atoms with Gasteiger partial charge in [-0.05, 0) is 37.9 Å². The number of nitrogens with one attached hydrogen (secondary N) is 1. The van der Waals surface area contributed by atoms with Gasteiger partial charge < -0.3 is 15.8 Å². The molecule has 6 heteroatoms. The van der Waals surface area contributed by atoms with Crippen molar-refractivity contribution < 1.29 is 18.3 Å². The summed E-state index contributed by atoms with van der Waals surface area (Å²) in [4.78, 5) is 11.8. The quantitative estimate of drug-likeness (QED) is 0.650. The Hall–Kier alpha value is -1.69. The number of carbonyl (C=O) groups excluding carboxylic acids is 1. The zero-order chi connectivity index (χ0) is 16.4. The fourth-order valence-electron chi connectivity index (χ4n) is 1.99. The average molecular weight is 314 g/mol. The van der Waals surface area contributed by atoms with E-state index in [1.165, 1.54) is 0 Å². The van der Waals surface area contributed by atoms with Gasteiger partial charge in [-0.2, -0.15) is 0 Å². The van der Waals surface area contributed by atoms with Crippen molar-refractivity contribution in [2.45, 2.75) is 45.5 Å². The van der Waals surface area contributed by atoms with Crippen molar-refractivity contribution in [2.75, 3.05) is 18.5 Å². The van der Waals surface area contributed by atoms with Crippen LogP contribution in [0.5, 0.6) is 5.75 Å². The first kappa shape index (κ1) is 18.4. The lowest BCUT2D eigenvalue weighted by molar-refractivity contribution is -0.116. The third-order valence-electron chi connectivity index (χ3n) is 3.19. The Bertz CT molecular complexity index is 467. The molecule has 0 aliphatic carbocycles. The molecule has 0 saturated heterocycles. The molecule has 0 aromatic heterocycles. The second kappa shape index (κ2) is 10.1. The number of halogens is 2. The predicted molar refractivity (Wildman–Crippen MR) is 83.4 cm³/mol. The molecule has 0 bridgehead atoms. The number of ether oxygens (including phenoxy) is 1. The fraction of sp³-hybridized carbons (Fsp3) is 0.562. The van der Waals surface area contributed by atoms with Crippen molar-refractivity contribution in [2.24, 2.45) is 5.73 Å². The molecule has 0 spiro atoms. The summed E-state index contributed by atoms with van der Waals surface area (Å²) in [6.07, 6.45) is 1.70. The summed E-state index contributed by atoms with van der Waals surface area (Å²) in [5, 5.41) is 2.76. The Kier molecular flexibility index (Phi) is 8.43. The number of benzene rings is 1. The van der Waals surface area contributed by atoms with Gasteiger partial charge in [0.2, 0.25) is 5.91 Å². The molecule has 0 fully saturated rings. The van der Waals surface area contributed by atoms with Gasteiger partial charge in [0.05, 0.1) is 0 Å². The number of hydrogen-bond acceptors (Lipinski definition) is 3. The lowest BCUT2D eigenvalue weighted by Crippen LogP contribution is -2.12. The van der Waals surface area contributed by atoms with E-state index < -0.39 is 13.0 Å². The van der Waals surface area contributed by atoms with Gasteiger partial charge in [-0.15, -0.1) is 0 Å². The highest BCUT2D eigenvalue weighted by molar-refractivity contribution is 5.90. The number of rotatable bonds is 10. The number of unbranched alkanes of at least 4 members (excludes halogenated alkanes) is 3. The summed E-state index contributed by atoms with van der Waals surface area (Å²) in [5.74, 6) is 0.275. The molecular weight excluding hydrogens is 290 g/mol. The lowest BCUT2D eigenvalue weighted by atomic mass is 10.1. The van der Waals surface area contributed by atoms with Crippen molar-refractivity contribution in [1.82, 2.24) is 0 Å². The molecule has 1 aromatic carbocycles. The highest BCUT2D eigenvalue weighted by Gasteiger charge is 2.08. The molecule has 3 N–H and O–H groups in total. The summed E-state index contributed by atoms with van der Waals surface area (Å²) < 4.78 is 29.4. The minimum atomic E-state index is -2.52. The van der Waals surface area contributed by atoms with Gasteiger partial charge in [0, 0.05) is 18.2 Å². The van der Waals surface area contributed by atoms with Crippen LogP contribution in [-0.2, 0) is 4.79 Å². The van der Waals surface area contributed by atoms with Crippen LogP contribution in [0.3, 0.4) is 0 Å². The van der Waals surface area contributed by atoms with E-state index in [1.54, 1.807) is 25.1 Å². The number of hydrogen-bond donors (Lipinski definition) is 2. The van der Waals surface area contributed by atoms with Gasteiger partial charge in [0.15, 0.2) is 0 Å². The molecule has 4 nitrogen and oxygen atoms in total. The second-order valence-electron chi connectivity index (χ2n) is 5.18. The van der Waals surface area contributed by atoms with E-state index in [0.29, 0.717) is 24.4 Å². The normalized spacial score (nSPS) is 10.8. The zero-order valence-corrected chi connectivity index (χ0v) is 12.9. The fourth-order valence-corrected chi connectivity index (χ4v) is 1.99. The van der Waals surface area contributed by atoms with E-state index in [0.717, 1.165) is 31.2 Å². The Morgan fingerprint density at radius 3 is 2.68 bits per heavy atom. The van der Waals surface area contributed by atoms with Crippen LogP contribution in [0.1, 0.15) is 37.7 Å². The third kappa shape index (κ3) is 7.36. The zero-order valence-electron chi connectivity index (χ0n) is 12.9. The minimum absolute atomic E-state index is 0.0867. The molecule has 1 amide bonds. The molecule has 0 radical (unpaired) electrons. The Morgan fingerprint density at radius 2 is 2.00 bits per heavy atom. The standard InChI is InChI=1S/C16H24F2N2O2/c1-12-7-8-13(10-14(12)22-11-15(17)18)20-16(21)6-4-2-3-5-9-19/h7-8,10,15H,2-6,9,11,19H2,1H3,(H,20,21). The van der Waals surface area contributed by atoms with Crippen molar-refractivity contribution >= 4 is 11.6 Å². The molecule has 1 aromatic rings. The molecule has 0 atom stereocenters. The average Bonchev–Trinajstić information content (AvgIpc) is 2.47. The molecule has 0 aliphatic heterocycles. The van der Waals surface area contributed by atoms with Crippen molar-refractivity contribution in [3.63, 3.8) is 0 Å². The summed E-state index contributed by atoms with van der Waals surface area (Å²) in [6.45, 7) is 1.79. The summed E-state index contributed by atoms with van der Waals surface area (Å²) >= 11 is 0. The van der Waals surface area contributed by atoms with Crippen LogP contribution >= 0.6 is 0 Å². The number of aryl methyl sites for hydroxylation is 1. The van der Waals surface area contributed by atoms with Gasteiger partial charge in [0.25, 0.3) is 6.43 Å². The van der Waals surface area contributed by atoms with Crippen LogP contribution in [0.4, 0.5) is 14.5 Å². The van der Waals surface area contributed by atoms with Crippen molar-refractivity contribution in [3.8, 4) is 5.75 Å². The van der Waals surface area contributed by atoms with Crippen LogP contribution in [0.25, 0.3) is 0 Å². The van der Waals surface area contributed by atoms with Crippen LogP contribution in [-0.4, -0.2) is 25.5 Å². The molecule has 124 valence electrons. The van der Waals surface area contributed by atoms with E-state index in [9.17, 15) is 13.6 Å². The van der Waals surface area contributed by atoms with Crippen LogP contribution in [0.2, 0.25) is 0 Å². The Balaban J connectivity index is 2.44. The van der Waals surface area contributed by atoms with Gasteiger partial charge >= 0.3 is 0 Å². The number of amides is 1. The van der Waals surface area contributed by atoms with Gasteiger partial charge in [-0.25, -0.2) is 8.78 Å². The summed E-state index contributed by atoms with van der Waals surface area (Å²) in [5.41, 5.74) is 6.71. The van der Waals surface area contributed by atoms with Crippen LogP contribution < -0.4 is 15.8 Å². The smallest absolute Gasteiger partial charge is 0.272 e. The first-order chi connectivity index (χ1) is 10.5. The first-order valence-corrected chi connectivity index (χ1v) is 7.54. The molecular formula is C16H24F2N2O2. The molecule has 22 heavy (non-hydrogen) atoms. The first-order valence-electron chi connectivity index (χ1n) is 7.54. The number of anilines is 1. The highest BCUT2D eigenvalue weighted by Crippen LogP contribution is 2.23. The van der Waals surface area contributed by atoms with E-state index in [4.69, 9.17) is 10.5 Å². The maximum atomic E-state index is 12.2. The summed E-state index contributed by atoms with van der Waals surface area (Å²) in [7, 11) is 0. The van der Waals surface area contributed by atoms with Crippen molar-refractivity contribution in [1.29, 1.82) is 0 Å². The summed E-state index contributed by atoms with van der Waals surface area (Å²) in [6, 6.07) is 5.04. The monoisotopic (exact) mass is 314 g/mol. The molecule has 0 aliphatic rings. The lowest BCUT2D eigenvalue weighted by Gasteiger charge is -2.11.